The molecular formula is C44H77NO5. The van der Waals surface area contributed by atoms with Crippen LogP contribution in [0.1, 0.15) is 200 Å². The average molecular weight is 700 g/mol. The quantitative estimate of drug-likeness (QED) is 0.0382. The minimum absolute atomic E-state index is 0.00439. The summed E-state index contributed by atoms with van der Waals surface area (Å²) in [6.45, 7) is 4.11. The highest BCUT2D eigenvalue weighted by Crippen LogP contribution is 2.18. The number of amides is 1. The third-order valence-electron chi connectivity index (χ3n) is 8.98. The second kappa shape index (κ2) is 39.2. The Morgan fingerprint density at radius 2 is 0.980 bits per heavy atom. The summed E-state index contributed by atoms with van der Waals surface area (Å²) < 4.78 is 6.00. The van der Waals surface area contributed by atoms with Crippen LogP contribution in [-0.2, 0) is 19.1 Å². The lowest BCUT2D eigenvalue weighted by atomic mass is 10.0. The van der Waals surface area contributed by atoms with Crippen LogP contribution in [0.2, 0.25) is 0 Å². The van der Waals surface area contributed by atoms with E-state index in [0.29, 0.717) is 12.8 Å². The fraction of sp³-hybridized carbons (Fsp3) is 0.750. The number of esters is 1. The summed E-state index contributed by atoms with van der Waals surface area (Å²) in [6.07, 6.45) is 49.4. The summed E-state index contributed by atoms with van der Waals surface area (Å²) in [6, 6.07) is 0. The van der Waals surface area contributed by atoms with Gasteiger partial charge in [0.2, 0.25) is 5.91 Å². The zero-order valence-electron chi connectivity index (χ0n) is 32.5. The number of unbranched alkanes of at least 4 members (excludes halogenated alkanes) is 18. The molecule has 288 valence electrons. The van der Waals surface area contributed by atoms with Crippen LogP contribution in [0.15, 0.2) is 48.6 Å². The highest BCUT2D eigenvalue weighted by molar-refractivity contribution is 5.80. The van der Waals surface area contributed by atoms with Gasteiger partial charge in [0.05, 0.1) is 0 Å². The van der Waals surface area contributed by atoms with Gasteiger partial charge in [-0.2, -0.15) is 0 Å². The molecule has 0 aliphatic heterocycles. The largest absolute Gasteiger partial charge is 0.480 e. The van der Waals surface area contributed by atoms with Gasteiger partial charge in [-0.1, -0.05) is 140 Å². The van der Waals surface area contributed by atoms with Crippen molar-refractivity contribution in [3.8, 4) is 0 Å². The topological polar surface area (TPSA) is 92.7 Å². The fourth-order valence-electron chi connectivity index (χ4n) is 5.94. The van der Waals surface area contributed by atoms with Crippen molar-refractivity contribution in [3.63, 3.8) is 0 Å². The number of carbonyl (C=O) groups is 3. The molecular weight excluding hydrogens is 622 g/mol. The standard InChI is InChI=1S/C44H77NO5/c1-3-5-7-9-11-13-15-17-18-20-21-23-25-28-32-36-41(37-33-29-27-30-34-38-42(46)45-40-43(47)48)50-44(49)39-35-31-26-24-22-19-16-14-12-10-8-6-4-2/h6,8,12,14,19-22,41H,3-5,7,9-11,13,15-18,23-40H2,1-2H3,(H,45,46)(H,47,48)/b8-6-,14-12-,21-20-,22-19-. The third kappa shape index (κ3) is 38.2. The van der Waals surface area contributed by atoms with Gasteiger partial charge in [0.15, 0.2) is 0 Å². The number of carboxylic acids is 1. The minimum atomic E-state index is -1.02. The lowest BCUT2D eigenvalue weighted by Gasteiger charge is -2.18. The van der Waals surface area contributed by atoms with E-state index in [4.69, 9.17) is 9.84 Å². The first-order valence-corrected chi connectivity index (χ1v) is 20.8. The van der Waals surface area contributed by atoms with Crippen LogP contribution in [0, 0.1) is 0 Å². The van der Waals surface area contributed by atoms with E-state index in [2.05, 4.69) is 67.8 Å². The number of nitrogens with one attached hydrogen (secondary N) is 1. The van der Waals surface area contributed by atoms with Gasteiger partial charge in [0.25, 0.3) is 0 Å². The van der Waals surface area contributed by atoms with Crippen molar-refractivity contribution >= 4 is 17.8 Å². The average Bonchev–Trinajstić information content (AvgIpc) is 3.10. The highest BCUT2D eigenvalue weighted by atomic mass is 16.5. The maximum absolute atomic E-state index is 12.7. The van der Waals surface area contributed by atoms with Crippen molar-refractivity contribution in [1.82, 2.24) is 5.32 Å². The fourth-order valence-corrected chi connectivity index (χ4v) is 5.94. The molecule has 50 heavy (non-hydrogen) atoms. The van der Waals surface area contributed by atoms with Gasteiger partial charge in [-0.05, 0) is 96.3 Å². The summed E-state index contributed by atoms with van der Waals surface area (Å²) in [7, 11) is 0. The Hall–Kier alpha value is -2.63. The number of carboxylic acid groups (broad SMARTS) is 1. The van der Waals surface area contributed by atoms with Crippen LogP contribution in [-0.4, -0.2) is 35.6 Å². The molecule has 1 unspecified atom stereocenters. The normalized spacial score (nSPS) is 12.5. The van der Waals surface area contributed by atoms with Gasteiger partial charge in [-0.25, -0.2) is 0 Å². The molecule has 1 amide bonds. The van der Waals surface area contributed by atoms with Crippen molar-refractivity contribution in [2.24, 2.45) is 0 Å². The Balaban J connectivity index is 4.27. The summed E-state index contributed by atoms with van der Waals surface area (Å²) in [5, 5.41) is 11.1. The molecule has 0 aliphatic carbocycles. The van der Waals surface area contributed by atoms with E-state index in [-0.39, 0.29) is 24.5 Å². The highest BCUT2D eigenvalue weighted by Gasteiger charge is 2.14. The first kappa shape index (κ1) is 47.4. The van der Waals surface area contributed by atoms with Gasteiger partial charge >= 0.3 is 11.9 Å². The van der Waals surface area contributed by atoms with Gasteiger partial charge in [0, 0.05) is 12.8 Å². The van der Waals surface area contributed by atoms with E-state index in [1.54, 1.807) is 0 Å². The maximum Gasteiger partial charge on any atom is 0.322 e. The predicted octanol–water partition coefficient (Wildman–Crippen LogP) is 12.7. The van der Waals surface area contributed by atoms with Crippen molar-refractivity contribution in [1.29, 1.82) is 0 Å². The van der Waals surface area contributed by atoms with E-state index in [0.717, 1.165) is 103 Å². The number of carbonyl (C=O) groups excluding carboxylic acids is 2. The summed E-state index contributed by atoms with van der Waals surface area (Å²) in [5.74, 6) is -1.27. The van der Waals surface area contributed by atoms with Gasteiger partial charge < -0.3 is 15.2 Å². The van der Waals surface area contributed by atoms with Gasteiger partial charge in [-0.15, -0.1) is 0 Å². The van der Waals surface area contributed by atoms with Crippen molar-refractivity contribution < 1.29 is 24.2 Å². The van der Waals surface area contributed by atoms with Crippen LogP contribution in [0.4, 0.5) is 0 Å². The number of hydrogen-bond acceptors (Lipinski definition) is 4. The van der Waals surface area contributed by atoms with E-state index in [1.807, 2.05) is 0 Å². The number of aliphatic carboxylic acids is 1. The minimum Gasteiger partial charge on any atom is -0.480 e. The second-order valence-corrected chi connectivity index (χ2v) is 13.9. The molecule has 0 aromatic rings. The van der Waals surface area contributed by atoms with Crippen LogP contribution < -0.4 is 5.32 Å². The van der Waals surface area contributed by atoms with E-state index in [9.17, 15) is 14.4 Å². The van der Waals surface area contributed by atoms with Crippen LogP contribution in [0.3, 0.4) is 0 Å². The third-order valence-corrected chi connectivity index (χ3v) is 8.98. The van der Waals surface area contributed by atoms with Crippen LogP contribution >= 0.6 is 0 Å². The SMILES string of the molecule is CC/C=C\C/C=C\C/C=C\CCCCCC(=O)OC(CCCCC/C=C\CCCCCCCCCC)CCCCCCCC(=O)NCC(=O)O. The summed E-state index contributed by atoms with van der Waals surface area (Å²) in [5.41, 5.74) is 0. The molecule has 0 aliphatic rings. The van der Waals surface area contributed by atoms with Crippen molar-refractivity contribution in [2.75, 3.05) is 6.54 Å². The van der Waals surface area contributed by atoms with E-state index < -0.39 is 5.97 Å². The first-order chi connectivity index (χ1) is 24.5. The molecule has 0 fully saturated rings. The Kier molecular flexibility index (Phi) is 37.1. The number of hydrogen-bond donors (Lipinski definition) is 2. The summed E-state index contributed by atoms with van der Waals surface area (Å²) >= 11 is 0. The number of rotatable bonds is 37. The maximum atomic E-state index is 12.7. The van der Waals surface area contributed by atoms with Crippen molar-refractivity contribution in [3.05, 3.63) is 48.6 Å². The number of allylic oxidation sites excluding steroid dienone is 8. The Morgan fingerprint density at radius 1 is 0.540 bits per heavy atom. The molecule has 0 saturated heterocycles. The monoisotopic (exact) mass is 700 g/mol. The van der Waals surface area contributed by atoms with Crippen LogP contribution in [0.25, 0.3) is 0 Å². The summed E-state index contributed by atoms with van der Waals surface area (Å²) in [4.78, 5) is 35.0. The molecule has 0 aromatic heterocycles. The predicted molar refractivity (Wildman–Crippen MR) is 212 cm³/mol. The molecule has 6 nitrogen and oxygen atoms in total. The van der Waals surface area contributed by atoms with Gasteiger partial charge in [0.1, 0.15) is 12.6 Å². The second-order valence-electron chi connectivity index (χ2n) is 13.9. The van der Waals surface area contributed by atoms with Crippen LogP contribution in [0.5, 0.6) is 0 Å². The molecule has 0 aromatic carbocycles. The molecule has 0 rings (SSSR count). The molecule has 2 N–H and O–H groups in total. The van der Waals surface area contributed by atoms with E-state index in [1.165, 1.54) is 70.6 Å². The first-order valence-electron chi connectivity index (χ1n) is 20.8. The Labute approximate surface area is 308 Å². The zero-order valence-corrected chi connectivity index (χ0v) is 32.5. The van der Waals surface area contributed by atoms with Gasteiger partial charge in [-0.3, -0.25) is 14.4 Å². The molecule has 6 heteroatoms. The molecule has 0 spiro atoms. The molecule has 1 atom stereocenters. The molecule has 0 bridgehead atoms. The Bertz CT molecular complexity index is 906. The smallest absolute Gasteiger partial charge is 0.322 e. The molecule has 0 heterocycles. The van der Waals surface area contributed by atoms with E-state index >= 15 is 0 Å². The van der Waals surface area contributed by atoms with Crippen molar-refractivity contribution in [2.45, 2.75) is 206 Å². The lowest BCUT2D eigenvalue weighted by molar-refractivity contribution is -0.150. The number of ether oxygens (including phenoxy) is 1. The Morgan fingerprint density at radius 3 is 1.56 bits per heavy atom. The zero-order chi connectivity index (χ0) is 36.6. The lowest BCUT2D eigenvalue weighted by Crippen LogP contribution is -2.28. The molecule has 0 radical (unpaired) electrons. The molecule has 0 saturated carbocycles.